The first-order valence-electron chi connectivity index (χ1n) is 5.89. The summed E-state index contributed by atoms with van der Waals surface area (Å²) < 4.78 is 38.7. The Morgan fingerprint density at radius 3 is 2.55 bits per heavy atom. The first-order chi connectivity index (χ1) is 9.25. The van der Waals surface area contributed by atoms with Crippen LogP contribution in [0.25, 0.3) is 0 Å². The minimum absolute atomic E-state index is 0.0253. The van der Waals surface area contributed by atoms with Crippen molar-refractivity contribution in [1.82, 2.24) is 5.43 Å². The monoisotopic (exact) mass is 308 g/mol. The van der Waals surface area contributed by atoms with Gasteiger partial charge < -0.3 is 5.32 Å². The van der Waals surface area contributed by atoms with Crippen LogP contribution in [-0.4, -0.2) is 12.5 Å². The van der Waals surface area contributed by atoms with Gasteiger partial charge in [0.25, 0.3) is 0 Å². The number of hydrogen-bond donors (Lipinski definition) is 3. The van der Waals surface area contributed by atoms with Crippen molar-refractivity contribution < 1.29 is 13.2 Å². The highest BCUT2D eigenvalue weighted by Gasteiger charge is 2.34. The third-order valence-corrected chi connectivity index (χ3v) is 2.63. The summed E-state index contributed by atoms with van der Waals surface area (Å²) in [6.07, 6.45) is -4.52. The molecule has 4 nitrogen and oxygen atoms in total. The summed E-state index contributed by atoms with van der Waals surface area (Å²) in [4.78, 5) is 4.04. The van der Waals surface area contributed by atoms with Gasteiger partial charge in [0, 0.05) is 6.54 Å². The molecule has 0 atom stereocenters. The minimum atomic E-state index is -4.52. The molecule has 0 saturated heterocycles. The van der Waals surface area contributed by atoms with Crippen LogP contribution in [0.5, 0.6) is 0 Å². The number of anilines is 1. The number of nitrogens with zero attached hydrogens (tertiary/aromatic N) is 1. The molecule has 0 spiro atoms. The highest BCUT2D eigenvalue weighted by atomic mass is 35.5. The lowest BCUT2D eigenvalue weighted by molar-refractivity contribution is -0.136. The molecule has 0 radical (unpaired) electrons. The van der Waals surface area contributed by atoms with Gasteiger partial charge in [-0.3, -0.25) is 10.4 Å². The fraction of sp³-hybridized carbons (Fsp3) is 0.417. The van der Waals surface area contributed by atoms with Crippen LogP contribution in [0.2, 0.25) is 5.02 Å². The number of alkyl halides is 3. The number of benzene rings is 1. The van der Waals surface area contributed by atoms with Crippen molar-refractivity contribution in [2.75, 3.05) is 11.9 Å². The molecule has 0 aliphatic heterocycles. The van der Waals surface area contributed by atoms with E-state index in [9.17, 15) is 13.2 Å². The molecule has 1 rings (SSSR count). The van der Waals surface area contributed by atoms with Crippen LogP contribution in [0.15, 0.2) is 23.2 Å². The van der Waals surface area contributed by atoms with Crippen LogP contribution < -0.4 is 16.6 Å². The summed E-state index contributed by atoms with van der Waals surface area (Å²) >= 11 is 5.81. The number of aliphatic imine (C=N–C) groups is 1. The zero-order valence-corrected chi connectivity index (χ0v) is 11.8. The zero-order valence-electron chi connectivity index (χ0n) is 11.1. The van der Waals surface area contributed by atoms with Gasteiger partial charge in [-0.1, -0.05) is 31.5 Å². The summed E-state index contributed by atoms with van der Waals surface area (Å²) in [7, 11) is 0. The van der Waals surface area contributed by atoms with Crippen LogP contribution in [0.1, 0.15) is 19.4 Å². The van der Waals surface area contributed by atoms with Crippen LogP contribution in [0.4, 0.5) is 18.9 Å². The number of rotatable bonds is 3. The van der Waals surface area contributed by atoms with Crippen molar-refractivity contribution in [1.29, 1.82) is 0 Å². The maximum absolute atomic E-state index is 12.9. The van der Waals surface area contributed by atoms with Crippen molar-refractivity contribution in [2.45, 2.75) is 20.0 Å². The molecule has 0 saturated carbocycles. The van der Waals surface area contributed by atoms with Gasteiger partial charge in [-0.15, -0.1) is 0 Å². The third-order valence-electron chi connectivity index (χ3n) is 2.31. The fourth-order valence-electron chi connectivity index (χ4n) is 1.40. The molecule has 0 aliphatic rings. The lowest BCUT2D eigenvalue weighted by Crippen LogP contribution is -2.37. The summed E-state index contributed by atoms with van der Waals surface area (Å²) in [5.74, 6) is 5.52. The molecule has 1 aromatic rings. The van der Waals surface area contributed by atoms with E-state index in [1.165, 1.54) is 12.1 Å². The molecule has 0 heterocycles. The van der Waals surface area contributed by atoms with Crippen molar-refractivity contribution in [3.05, 3.63) is 28.8 Å². The van der Waals surface area contributed by atoms with Gasteiger partial charge in [0.1, 0.15) is 0 Å². The van der Waals surface area contributed by atoms with Crippen molar-refractivity contribution in [3.63, 3.8) is 0 Å². The number of nitrogens with two attached hydrogens (primary N) is 1. The Morgan fingerprint density at radius 2 is 2.05 bits per heavy atom. The smallest absolute Gasteiger partial charge is 0.323 e. The first kappa shape index (κ1) is 16.6. The van der Waals surface area contributed by atoms with Crippen molar-refractivity contribution in [2.24, 2.45) is 16.8 Å². The van der Waals surface area contributed by atoms with Gasteiger partial charge >= 0.3 is 6.18 Å². The minimum Gasteiger partial charge on any atom is -0.323 e. The van der Waals surface area contributed by atoms with Gasteiger partial charge in [-0.05, 0) is 18.1 Å². The van der Waals surface area contributed by atoms with E-state index in [1.54, 1.807) is 0 Å². The highest BCUT2D eigenvalue weighted by Crippen LogP contribution is 2.38. The first-order valence-corrected chi connectivity index (χ1v) is 6.27. The van der Waals surface area contributed by atoms with Crippen molar-refractivity contribution in [3.8, 4) is 0 Å². The molecule has 0 fully saturated rings. The fourth-order valence-corrected chi connectivity index (χ4v) is 1.62. The zero-order chi connectivity index (χ0) is 15.3. The standard InChI is InChI=1S/C12H16ClF3N4/c1-7(2)6-18-11(20-17)19-10-8(12(14,15)16)4-3-5-9(10)13/h3-5,7H,6,17H2,1-2H3,(H2,18,19,20). The largest absolute Gasteiger partial charge is 0.418 e. The predicted octanol–water partition coefficient (Wildman–Crippen LogP) is 3.25. The molecular weight excluding hydrogens is 293 g/mol. The average molecular weight is 309 g/mol. The van der Waals surface area contributed by atoms with Crippen LogP contribution in [0, 0.1) is 5.92 Å². The summed E-state index contributed by atoms with van der Waals surface area (Å²) in [5.41, 5.74) is 1.07. The van der Waals surface area contributed by atoms with Gasteiger partial charge in [0.2, 0.25) is 5.96 Å². The van der Waals surface area contributed by atoms with E-state index in [1.807, 2.05) is 13.8 Å². The normalized spacial score (nSPS) is 12.7. The molecule has 0 aliphatic carbocycles. The number of hydrogen-bond acceptors (Lipinski definition) is 2. The van der Waals surface area contributed by atoms with Crippen molar-refractivity contribution >= 4 is 23.2 Å². The summed E-state index contributed by atoms with van der Waals surface area (Å²) in [6, 6.07) is 3.53. The Hall–Kier alpha value is -1.47. The van der Waals surface area contributed by atoms with E-state index in [2.05, 4.69) is 15.7 Å². The molecule has 4 N–H and O–H groups in total. The van der Waals surface area contributed by atoms with E-state index in [0.29, 0.717) is 6.54 Å². The molecule has 8 heteroatoms. The average Bonchev–Trinajstić information content (AvgIpc) is 2.34. The van der Waals surface area contributed by atoms with Gasteiger partial charge in [-0.2, -0.15) is 13.2 Å². The molecule has 20 heavy (non-hydrogen) atoms. The summed E-state index contributed by atoms with van der Waals surface area (Å²) in [6.45, 7) is 4.26. The maximum Gasteiger partial charge on any atom is 0.418 e. The van der Waals surface area contributed by atoms with Crippen LogP contribution in [0.3, 0.4) is 0 Å². The number of guanidine groups is 1. The van der Waals surface area contributed by atoms with E-state index >= 15 is 0 Å². The molecule has 0 amide bonds. The van der Waals surface area contributed by atoms with Gasteiger partial charge in [0.15, 0.2) is 0 Å². The lowest BCUT2D eigenvalue weighted by Gasteiger charge is -2.17. The second kappa shape index (κ2) is 6.81. The molecule has 1 aromatic carbocycles. The Labute approximate surface area is 120 Å². The van der Waals surface area contributed by atoms with Gasteiger partial charge in [0.05, 0.1) is 16.3 Å². The number of halogens is 4. The quantitative estimate of drug-likeness (QED) is 0.348. The number of hydrazine groups is 1. The van der Waals surface area contributed by atoms with Crippen LogP contribution in [-0.2, 0) is 6.18 Å². The number of para-hydroxylation sites is 1. The Morgan fingerprint density at radius 1 is 1.40 bits per heavy atom. The third kappa shape index (κ3) is 4.57. The maximum atomic E-state index is 12.9. The highest BCUT2D eigenvalue weighted by molar-refractivity contribution is 6.34. The Balaban J connectivity index is 3.10. The van der Waals surface area contributed by atoms with E-state index in [-0.39, 0.29) is 22.6 Å². The Kier molecular flexibility index (Phi) is 5.64. The second-order valence-electron chi connectivity index (χ2n) is 4.51. The van der Waals surface area contributed by atoms with E-state index < -0.39 is 11.7 Å². The molecule has 0 aromatic heterocycles. The molecular formula is C12H16ClF3N4. The summed E-state index contributed by atoms with van der Waals surface area (Å²) in [5, 5.41) is 2.43. The Bertz CT molecular complexity index is 486. The topological polar surface area (TPSA) is 62.4 Å². The SMILES string of the molecule is CC(C)CN=C(NN)Nc1c(Cl)cccc1C(F)(F)F. The molecule has 0 unspecified atom stereocenters. The van der Waals surface area contributed by atoms with E-state index in [0.717, 1.165) is 6.07 Å². The van der Waals surface area contributed by atoms with Crippen LogP contribution >= 0.6 is 11.6 Å². The van der Waals surface area contributed by atoms with E-state index in [4.69, 9.17) is 17.4 Å². The lowest BCUT2D eigenvalue weighted by atomic mass is 10.1. The van der Waals surface area contributed by atoms with Gasteiger partial charge in [-0.25, -0.2) is 5.84 Å². The molecule has 0 bridgehead atoms. The molecule has 112 valence electrons. The predicted molar refractivity (Wildman–Crippen MR) is 74.5 cm³/mol. The second-order valence-corrected chi connectivity index (χ2v) is 4.92. The number of nitrogens with one attached hydrogen (secondary N) is 2.